The van der Waals surface area contributed by atoms with Crippen LogP contribution < -0.4 is 4.90 Å². The number of hydrogen-bond donors (Lipinski definition) is 1. The van der Waals surface area contributed by atoms with Crippen LogP contribution in [0.5, 0.6) is 5.75 Å². The van der Waals surface area contributed by atoms with Crippen molar-refractivity contribution in [3.05, 3.63) is 71.1 Å². The van der Waals surface area contributed by atoms with E-state index < -0.39 is 68.6 Å². The van der Waals surface area contributed by atoms with Crippen molar-refractivity contribution in [1.29, 1.82) is 0 Å². The number of amides is 4. The van der Waals surface area contributed by atoms with Crippen molar-refractivity contribution in [2.45, 2.75) is 35.4 Å². The van der Waals surface area contributed by atoms with E-state index >= 15 is 0 Å². The van der Waals surface area contributed by atoms with E-state index in [4.69, 9.17) is 23.2 Å². The number of allylic oxidation sites excluding steroid dienone is 2. The summed E-state index contributed by atoms with van der Waals surface area (Å²) in [5, 5.41) is 9.83. The zero-order valence-electron chi connectivity index (χ0n) is 21.4. The summed E-state index contributed by atoms with van der Waals surface area (Å²) in [5.74, 6) is -7.78. The van der Waals surface area contributed by atoms with E-state index in [9.17, 15) is 33.5 Å². The highest BCUT2D eigenvalue weighted by atomic mass is 79.9. The molecule has 2 aliphatic carbocycles. The van der Waals surface area contributed by atoms with Crippen LogP contribution in [0.1, 0.15) is 41.6 Å². The van der Waals surface area contributed by atoms with Gasteiger partial charge in [0.1, 0.15) is 0 Å². The molecule has 2 aromatic rings. The number of ketones is 1. The minimum atomic E-state index is -2.06. The molecule has 0 spiro atoms. The van der Waals surface area contributed by atoms with Gasteiger partial charge in [0, 0.05) is 11.5 Å². The third-order valence-corrected chi connectivity index (χ3v) is 10.8. The van der Waals surface area contributed by atoms with Gasteiger partial charge < -0.3 is 5.11 Å². The summed E-state index contributed by atoms with van der Waals surface area (Å²) in [4.78, 5) is 64.5. The molecule has 0 bridgehead atoms. The SMILES string of the molecule is CC(=O)c1ccc(N2C(=O)[C@H]3[C@H](CC=C4[C@H]3C[C@@]3(Cl)C(=O)N(CBr)C(=O)[C@@]3(Cl)[C@H]4c3ccc(O)c(F)c3)C2=O)cc1. The number of phenols is 1. The maximum atomic E-state index is 14.6. The van der Waals surface area contributed by atoms with Gasteiger partial charge in [0.05, 0.1) is 23.0 Å². The molecular weight excluding hydrogens is 642 g/mol. The normalized spacial score (nSPS) is 32.6. The lowest BCUT2D eigenvalue weighted by Gasteiger charge is -2.50. The molecular formula is C29H22BrCl2FN2O6. The Bertz CT molecular complexity index is 1600. The lowest BCUT2D eigenvalue weighted by atomic mass is 9.56. The molecule has 12 heteroatoms. The van der Waals surface area contributed by atoms with Crippen molar-refractivity contribution in [2.75, 3.05) is 10.4 Å². The molecule has 4 amide bonds. The topological polar surface area (TPSA) is 112 Å². The number of hydrogen-bond acceptors (Lipinski definition) is 6. The molecule has 212 valence electrons. The average molecular weight is 664 g/mol. The number of rotatable bonds is 4. The van der Waals surface area contributed by atoms with Crippen LogP contribution in [0.4, 0.5) is 10.1 Å². The first kappa shape index (κ1) is 28.1. The Morgan fingerprint density at radius 2 is 1.73 bits per heavy atom. The minimum Gasteiger partial charge on any atom is -0.505 e. The molecule has 2 aliphatic heterocycles. The fourth-order valence-electron chi connectivity index (χ4n) is 6.93. The smallest absolute Gasteiger partial charge is 0.254 e. The monoisotopic (exact) mass is 662 g/mol. The Balaban J connectivity index is 1.49. The third kappa shape index (κ3) is 3.66. The molecule has 2 heterocycles. The first-order valence-corrected chi connectivity index (χ1v) is 14.7. The Kier molecular flexibility index (Phi) is 6.48. The molecule has 6 atom stereocenters. The van der Waals surface area contributed by atoms with E-state index in [2.05, 4.69) is 15.9 Å². The Labute approximate surface area is 252 Å². The van der Waals surface area contributed by atoms with Gasteiger partial charge in [-0.1, -0.05) is 33.6 Å². The first-order valence-electron chi connectivity index (χ1n) is 12.8. The number of benzene rings is 2. The molecule has 4 aliphatic rings. The largest absolute Gasteiger partial charge is 0.505 e. The van der Waals surface area contributed by atoms with Crippen molar-refractivity contribution in [1.82, 2.24) is 4.90 Å². The lowest BCUT2D eigenvalue weighted by Crippen LogP contribution is -2.60. The lowest BCUT2D eigenvalue weighted by molar-refractivity contribution is -0.138. The van der Waals surface area contributed by atoms with Crippen molar-refractivity contribution in [2.24, 2.45) is 17.8 Å². The van der Waals surface area contributed by atoms with Crippen molar-refractivity contribution in [3.63, 3.8) is 0 Å². The predicted octanol–water partition coefficient (Wildman–Crippen LogP) is 4.65. The van der Waals surface area contributed by atoms with E-state index in [1.807, 2.05) is 0 Å². The van der Waals surface area contributed by atoms with Gasteiger partial charge in [-0.25, -0.2) is 4.39 Å². The molecule has 3 fully saturated rings. The van der Waals surface area contributed by atoms with Crippen LogP contribution in [-0.4, -0.2) is 54.6 Å². The van der Waals surface area contributed by atoms with Gasteiger partial charge in [-0.3, -0.25) is 33.8 Å². The van der Waals surface area contributed by atoms with Gasteiger partial charge in [0.15, 0.2) is 27.1 Å². The number of carbonyl (C=O) groups excluding carboxylic acids is 5. The molecule has 0 radical (unpaired) electrons. The summed E-state index contributed by atoms with van der Waals surface area (Å²) in [6, 6.07) is 9.69. The highest BCUT2D eigenvalue weighted by Gasteiger charge is 2.76. The van der Waals surface area contributed by atoms with Gasteiger partial charge in [0.25, 0.3) is 11.8 Å². The van der Waals surface area contributed by atoms with E-state index in [0.29, 0.717) is 16.8 Å². The van der Waals surface area contributed by atoms with Crippen LogP contribution in [0.3, 0.4) is 0 Å². The average Bonchev–Trinajstić information content (AvgIpc) is 3.28. The third-order valence-electron chi connectivity index (χ3n) is 8.85. The molecule has 0 unspecified atom stereocenters. The second-order valence-electron chi connectivity index (χ2n) is 10.8. The molecule has 41 heavy (non-hydrogen) atoms. The van der Waals surface area contributed by atoms with Crippen molar-refractivity contribution >= 4 is 74.2 Å². The second kappa shape index (κ2) is 9.47. The number of imide groups is 2. The standard InChI is InChI=1S/C29H22BrCl2FN2O6/c1-13(36)14-2-5-16(6-3-14)35-24(38)18-8-7-17-19(22(18)25(35)39)11-28(31)26(40)34(12-30)27(41)29(28,32)23(17)15-4-9-21(37)20(33)10-15/h2-7,9-10,18-19,22-23,37H,8,11-12H2,1H3/t18-,19+,22-,23-,28+,29-/m0/s1. The summed E-state index contributed by atoms with van der Waals surface area (Å²) in [6.07, 6.45) is 1.68. The number of nitrogens with zero attached hydrogens (tertiary/aromatic N) is 2. The number of fused-ring (bicyclic) bond motifs is 4. The molecule has 0 aromatic heterocycles. The van der Waals surface area contributed by atoms with Crippen LogP contribution in [0.25, 0.3) is 0 Å². The molecule has 6 rings (SSSR count). The van der Waals surface area contributed by atoms with E-state index in [1.165, 1.54) is 37.3 Å². The van der Waals surface area contributed by atoms with Gasteiger partial charge in [-0.2, -0.15) is 0 Å². The highest BCUT2D eigenvalue weighted by Crippen LogP contribution is 2.65. The number of carbonyl (C=O) groups is 5. The number of halogens is 4. The minimum absolute atomic E-state index is 0.146. The van der Waals surface area contributed by atoms with E-state index in [1.54, 1.807) is 6.08 Å². The maximum absolute atomic E-state index is 14.6. The number of Topliss-reactive ketones (excluding diaryl/α,β-unsaturated/α-hetero) is 1. The van der Waals surface area contributed by atoms with Crippen molar-refractivity contribution < 1.29 is 33.5 Å². The number of alkyl halides is 3. The van der Waals surface area contributed by atoms with Crippen LogP contribution in [0, 0.1) is 23.6 Å². The fourth-order valence-corrected chi connectivity index (χ4v) is 8.35. The molecule has 1 saturated carbocycles. The number of anilines is 1. The highest BCUT2D eigenvalue weighted by molar-refractivity contribution is 9.09. The van der Waals surface area contributed by atoms with Gasteiger partial charge in [-0.05, 0) is 67.6 Å². The Hall–Kier alpha value is -3.08. The van der Waals surface area contributed by atoms with Crippen molar-refractivity contribution in [3.8, 4) is 5.75 Å². The Morgan fingerprint density at radius 1 is 1.05 bits per heavy atom. The number of likely N-dealkylation sites (tertiary alicyclic amines) is 1. The summed E-state index contributed by atoms with van der Waals surface area (Å²) >= 11 is 17.4. The molecule has 2 saturated heterocycles. The summed E-state index contributed by atoms with van der Waals surface area (Å²) in [6.45, 7) is 1.41. The van der Waals surface area contributed by atoms with Crippen LogP contribution in [-0.2, 0) is 19.2 Å². The zero-order chi connectivity index (χ0) is 29.6. The summed E-state index contributed by atoms with van der Waals surface area (Å²) < 4.78 is 14.6. The van der Waals surface area contributed by atoms with E-state index in [0.717, 1.165) is 21.9 Å². The van der Waals surface area contributed by atoms with Gasteiger partial charge in [-0.15, -0.1) is 23.2 Å². The fraction of sp³-hybridized carbons (Fsp3) is 0.345. The van der Waals surface area contributed by atoms with Gasteiger partial charge >= 0.3 is 0 Å². The predicted molar refractivity (Wildman–Crippen MR) is 150 cm³/mol. The van der Waals surface area contributed by atoms with E-state index in [-0.39, 0.29) is 29.6 Å². The first-order chi connectivity index (χ1) is 19.4. The van der Waals surface area contributed by atoms with Crippen LogP contribution in [0.15, 0.2) is 54.1 Å². The molecule has 2 aromatic carbocycles. The molecule has 1 N–H and O–H groups in total. The number of phenolic OH excluding ortho intramolecular Hbond substituents is 1. The second-order valence-corrected chi connectivity index (χ2v) is 12.6. The van der Waals surface area contributed by atoms with Crippen LogP contribution in [0.2, 0.25) is 0 Å². The van der Waals surface area contributed by atoms with Gasteiger partial charge in [0.2, 0.25) is 11.8 Å². The Morgan fingerprint density at radius 3 is 2.34 bits per heavy atom. The number of aromatic hydroxyl groups is 1. The zero-order valence-corrected chi connectivity index (χ0v) is 24.5. The molecule has 8 nitrogen and oxygen atoms in total. The summed E-state index contributed by atoms with van der Waals surface area (Å²) in [7, 11) is 0. The maximum Gasteiger partial charge on any atom is 0.254 e. The summed E-state index contributed by atoms with van der Waals surface area (Å²) in [5.41, 5.74) is 1.25. The quantitative estimate of drug-likeness (QED) is 0.168. The van der Waals surface area contributed by atoms with Crippen LogP contribution >= 0.6 is 39.1 Å².